The van der Waals surface area contributed by atoms with Crippen LogP contribution in [0.25, 0.3) is 0 Å². The molecule has 2 fully saturated rings. The van der Waals surface area contributed by atoms with Crippen LogP contribution in [-0.2, 0) is 4.79 Å². The molecule has 0 radical (unpaired) electrons. The molecule has 3 unspecified atom stereocenters. The molecule has 0 spiro atoms. The van der Waals surface area contributed by atoms with Crippen LogP contribution in [0, 0.1) is 5.41 Å². The van der Waals surface area contributed by atoms with Crippen LogP contribution in [0.4, 0.5) is 0 Å². The average molecular weight is 242 g/mol. The Kier molecular flexibility index (Phi) is 3.80. The fourth-order valence-electron chi connectivity index (χ4n) is 2.68. The van der Waals surface area contributed by atoms with Gasteiger partial charge in [-0.25, -0.2) is 0 Å². The number of carbonyl (C=O) groups excluding carboxylic acids is 1. The molecule has 1 aliphatic heterocycles. The van der Waals surface area contributed by atoms with E-state index in [-0.39, 0.29) is 17.4 Å². The van der Waals surface area contributed by atoms with Gasteiger partial charge in [-0.15, -0.1) is 0 Å². The number of nitrogens with two attached hydrogens (primary N) is 1. The number of amides is 1. The lowest BCUT2D eigenvalue weighted by Crippen LogP contribution is -2.51. The second-order valence-electron chi connectivity index (χ2n) is 5.30. The summed E-state index contributed by atoms with van der Waals surface area (Å²) in [7, 11) is 0. The zero-order valence-corrected chi connectivity index (χ0v) is 10.8. The van der Waals surface area contributed by atoms with Crippen molar-refractivity contribution in [2.75, 3.05) is 11.5 Å². The molecule has 4 heteroatoms. The fourth-order valence-corrected chi connectivity index (χ4v) is 3.75. The van der Waals surface area contributed by atoms with E-state index < -0.39 is 0 Å². The highest BCUT2D eigenvalue weighted by atomic mass is 32.2. The van der Waals surface area contributed by atoms with Gasteiger partial charge in [0.05, 0.1) is 5.41 Å². The van der Waals surface area contributed by atoms with Gasteiger partial charge < -0.3 is 11.1 Å². The van der Waals surface area contributed by atoms with E-state index in [1.54, 1.807) is 0 Å². The van der Waals surface area contributed by atoms with Gasteiger partial charge in [-0.3, -0.25) is 4.79 Å². The van der Waals surface area contributed by atoms with Crippen LogP contribution in [0.15, 0.2) is 0 Å². The van der Waals surface area contributed by atoms with E-state index in [0.717, 1.165) is 31.4 Å². The van der Waals surface area contributed by atoms with Crippen molar-refractivity contribution >= 4 is 17.7 Å². The summed E-state index contributed by atoms with van der Waals surface area (Å²) >= 11 is 1.94. The Balaban J connectivity index is 1.91. The molecule has 92 valence electrons. The lowest BCUT2D eigenvalue weighted by atomic mass is 9.84. The Morgan fingerprint density at radius 2 is 2.25 bits per heavy atom. The third kappa shape index (κ3) is 2.38. The van der Waals surface area contributed by atoms with Crippen molar-refractivity contribution in [2.45, 2.75) is 51.1 Å². The lowest BCUT2D eigenvalue weighted by Gasteiger charge is -2.31. The van der Waals surface area contributed by atoms with Crippen molar-refractivity contribution in [1.29, 1.82) is 0 Å². The van der Waals surface area contributed by atoms with Gasteiger partial charge in [0.2, 0.25) is 5.91 Å². The maximum Gasteiger partial charge on any atom is 0.227 e. The normalized spacial score (nSPS) is 39.6. The molecule has 1 heterocycles. The largest absolute Gasteiger partial charge is 0.352 e. The van der Waals surface area contributed by atoms with Crippen LogP contribution in [0.1, 0.15) is 39.0 Å². The van der Waals surface area contributed by atoms with Gasteiger partial charge in [0.15, 0.2) is 0 Å². The van der Waals surface area contributed by atoms with E-state index in [0.29, 0.717) is 6.04 Å². The molecule has 1 aliphatic carbocycles. The molecule has 3 atom stereocenters. The summed E-state index contributed by atoms with van der Waals surface area (Å²) in [5.41, 5.74) is 5.74. The van der Waals surface area contributed by atoms with E-state index in [1.807, 2.05) is 18.7 Å². The average Bonchev–Trinajstić information content (AvgIpc) is 2.62. The van der Waals surface area contributed by atoms with Crippen molar-refractivity contribution in [2.24, 2.45) is 11.1 Å². The van der Waals surface area contributed by atoms with E-state index in [2.05, 4.69) is 5.32 Å². The fraction of sp³-hybridized carbons (Fsp3) is 0.917. The molecule has 0 aromatic carbocycles. The van der Waals surface area contributed by atoms with Crippen molar-refractivity contribution in [1.82, 2.24) is 5.32 Å². The third-order valence-electron chi connectivity index (χ3n) is 4.04. The summed E-state index contributed by atoms with van der Waals surface area (Å²) in [6.07, 6.45) is 5.37. The maximum absolute atomic E-state index is 12.2. The summed E-state index contributed by atoms with van der Waals surface area (Å²) in [6.45, 7) is 2.02. The van der Waals surface area contributed by atoms with Crippen LogP contribution in [0.5, 0.6) is 0 Å². The zero-order valence-electron chi connectivity index (χ0n) is 10.00. The van der Waals surface area contributed by atoms with Gasteiger partial charge >= 0.3 is 0 Å². The smallest absolute Gasteiger partial charge is 0.227 e. The molecule has 0 bridgehead atoms. The Labute approximate surface area is 102 Å². The SMILES string of the molecule is CC1(C(=O)NC2CCCSC2)CCCC1N. The first kappa shape index (κ1) is 12.2. The minimum absolute atomic E-state index is 0.0451. The predicted molar refractivity (Wildman–Crippen MR) is 68.4 cm³/mol. The molecule has 0 aromatic heterocycles. The Morgan fingerprint density at radius 3 is 2.81 bits per heavy atom. The predicted octanol–water partition coefficient (Wildman–Crippen LogP) is 1.52. The molecular formula is C12H22N2OS. The first-order chi connectivity index (χ1) is 7.63. The lowest BCUT2D eigenvalue weighted by molar-refractivity contribution is -0.131. The van der Waals surface area contributed by atoms with Gasteiger partial charge in [0, 0.05) is 17.8 Å². The second-order valence-corrected chi connectivity index (χ2v) is 6.45. The molecule has 3 N–H and O–H groups in total. The minimum Gasteiger partial charge on any atom is -0.352 e. The number of rotatable bonds is 2. The number of carbonyl (C=O) groups is 1. The van der Waals surface area contributed by atoms with Gasteiger partial charge in [0.1, 0.15) is 0 Å². The van der Waals surface area contributed by atoms with E-state index in [4.69, 9.17) is 5.73 Å². The number of hydrogen-bond acceptors (Lipinski definition) is 3. The van der Waals surface area contributed by atoms with Crippen molar-refractivity contribution < 1.29 is 4.79 Å². The molecule has 1 saturated carbocycles. The summed E-state index contributed by atoms with van der Waals surface area (Å²) in [5, 5.41) is 3.19. The van der Waals surface area contributed by atoms with E-state index in [9.17, 15) is 4.79 Å². The molecule has 1 amide bonds. The quantitative estimate of drug-likeness (QED) is 0.772. The Morgan fingerprint density at radius 1 is 1.44 bits per heavy atom. The number of thioether (sulfide) groups is 1. The zero-order chi connectivity index (χ0) is 11.6. The summed E-state index contributed by atoms with van der Waals surface area (Å²) in [6, 6.07) is 0.416. The first-order valence-electron chi connectivity index (χ1n) is 6.27. The molecule has 3 nitrogen and oxygen atoms in total. The van der Waals surface area contributed by atoms with Crippen LogP contribution >= 0.6 is 11.8 Å². The van der Waals surface area contributed by atoms with E-state index in [1.165, 1.54) is 12.2 Å². The molecular weight excluding hydrogens is 220 g/mol. The summed E-state index contributed by atoms with van der Waals surface area (Å²) in [5.74, 6) is 2.49. The highest BCUT2D eigenvalue weighted by molar-refractivity contribution is 7.99. The standard InChI is InChI=1S/C12H22N2OS/c1-12(6-2-5-10(12)13)11(15)14-9-4-3-7-16-8-9/h9-10H,2-8,13H2,1H3,(H,14,15). The molecule has 16 heavy (non-hydrogen) atoms. The van der Waals surface area contributed by atoms with E-state index >= 15 is 0 Å². The van der Waals surface area contributed by atoms with Gasteiger partial charge in [-0.1, -0.05) is 6.42 Å². The molecule has 1 saturated heterocycles. The van der Waals surface area contributed by atoms with Crippen molar-refractivity contribution in [3.8, 4) is 0 Å². The highest BCUT2D eigenvalue weighted by Gasteiger charge is 2.43. The second kappa shape index (κ2) is 4.96. The molecule has 2 aliphatic rings. The van der Waals surface area contributed by atoms with Crippen LogP contribution in [0.2, 0.25) is 0 Å². The molecule has 2 rings (SSSR count). The van der Waals surface area contributed by atoms with Crippen LogP contribution in [-0.4, -0.2) is 29.5 Å². The van der Waals surface area contributed by atoms with Gasteiger partial charge in [-0.2, -0.15) is 11.8 Å². The van der Waals surface area contributed by atoms with Crippen LogP contribution < -0.4 is 11.1 Å². The maximum atomic E-state index is 12.2. The minimum atomic E-state index is -0.317. The van der Waals surface area contributed by atoms with Gasteiger partial charge in [-0.05, 0) is 38.4 Å². The Hall–Kier alpha value is -0.220. The highest BCUT2D eigenvalue weighted by Crippen LogP contribution is 2.37. The monoisotopic (exact) mass is 242 g/mol. The number of hydrogen-bond donors (Lipinski definition) is 2. The topological polar surface area (TPSA) is 55.1 Å². The molecule has 0 aromatic rings. The Bertz CT molecular complexity index is 266. The summed E-state index contributed by atoms with van der Waals surface area (Å²) in [4.78, 5) is 12.2. The third-order valence-corrected chi connectivity index (χ3v) is 5.26. The number of nitrogens with one attached hydrogen (secondary N) is 1. The van der Waals surface area contributed by atoms with Crippen molar-refractivity contribution in [3.05, 3.63) is 0 Å². The van der Waals surface area contributed by atoms with Crippen LogP contribution in [0.3, 0.4) is 0 Å². The first-order valence-corrected chi connectivity index (χ1v) is 7.43. The van der Waals surface area contributed by atoms with Crippen molar-refractivity contribution in [3.63, 3.8) is 0 Å². The summed E-state index contributed by atoms with van der Waals surface area (Å²) < 4.78 is 0. The van der Waals surface area contributed by atoms with Gasteiger partial charge in [0.25, 0.3) is 0 Å².